The standard InChI is InChI=1S/C19H14F2N2O5/c1-22(11-4-3-9(20)7-10(11)21)18(25)15-16(24)14-12(23(2)19(15)26)5-6-13-17(14)28-8-27-13/h3-7,15H,8H2,1-2H3. The second kappa shape index (κ2) is 6.29. The molecule has 2 heterocycles. The van der Waals surface area contributed by atoms with Crippen molar-refractivity contribution in [2.45, 2.75) is 0 Å². The van der Waals surface area contributed by atoms with Gasteiger partial charge in [-0.3, -0.25) is 14.4 Å². The third-order valence-electron chi connectivity index (χ3n) is 4.81. The summed E-state index contributed by atoms with van der Waals surface area (Å²) in [6, 6.07) is 5.76. The van der Waals surface area contributed by atoms with Crippen LogP contribution >= 0.6 is 0 Å². The van der Waals surface area contributed by atoms with Crippen LogP contribution in [0.3, 0.4) is 0 Å². The average molecular weight is 388 g/mol. The van der Waals surface area contributed by atoms with Gasteiger partial charge in [-0.2, -0.15) is 0 Å². The zero-order valence-electron chi connectivity index (χ0n) is 14.9. The van der Waals surface area contributed by atoms with Crippen molar-refractivity contribution < 1.29 is 32.6 Å². The predicted octanol–water partition coefficient (Wildman–Crippen LogP) is 2.13. The summed E-state index contributed by atoms with van der Waals surface area (Å²) >= 11 is 0. The van der Waals surface area contributed by atoms with Crippen molar-refractivity contribution in [1.29, 1.82) is 0 Å². The second-order valence-corrected chi connectivity index (χ2v) is 6.38. The first-order chi connectivity index (χ1) is 13.3. The van der Waals surface area contributed by atoms with Gasteiger partial charge in [0.05, 0.1) is 16.9 Å². The fourth-order valence-corrected chi connectivity index (χ4v) is 3.33. The highest BCUT2D eigenvalue weighted by atomic mass is 19.1. The van der Waals surface area contributed by atoms with E-state index in [0.29, 0.717) is 17.5 Å². The van der Waals surface area contributed by atoms with Gasteiger partial charge in [0, 0.05) is 20.2 Å². The van der Waals surface area contributed by atoms with Gasteiger partial charge in [0.1, 0.15) is 11.6 Å². The van der Waals surface area contributed by atoms with Crippen LogP contribution in [0.25, 0.3) is 0 Å². The zero-order chi connectivity index (χ0) is 20.2. The Bertz CT molecular complexity index is 1040. The molecule has 2 aliphatic rings. The van der Waals surface area contributed by atoms with E-state index in [2.05, 4.69) is 0 Å². The number of ether oxygens (including phenoxy) is 2. The first kappa shape index (κ1) is 17.9. The average Bonchev–Trinajstić information content (AvgIpc) is 3.14. The van der Waals surface area contributed by atoms with E-state index in [9.17, 15) is 23.2 Å². The number of carbonyl (C=O) groups excluding carboxylic acids is 3. The molecule has 0 aliphatic carbocycles. The molecule has 2 aromatic rings. The number of hydrogen-bond acceptors (Lipinski definition) is 5. The molecular weight excluding hydrogens is 374 g/mol. The van der Waals surface area contributed by atoms with Crippen LogP contribution in [0, 0.1) is 17.6 Å². The van der Waals surface area contributed by atoms with Crippen molar-refractivity contribution in [1.82, 2.24) is 0 Å². The van der Waals surface area contributed by atoms with Crippen LogP contribution in [0.2, 0.25) is 0 Å². The number of benzene rings is 2. The highest BCUT2D eigenvalue weighted by Crippen LogP contribution is 2.44. The molecule has 28 heavy (non-hydrogen) atoms. The molecule has 2 amide bonds. The normalized spacial score (nSPS) is 17.6. The van der Waals surface area contributed by atoms with E-state index < -0.39 is 35.1 Å². The van der Waals surface area contributed by atoms with E-state index in [-0.39, 0.29) is 23.8 Å². The van der Waals surface area contributed by atoms with Gasteiger partial charge < -0.3 is 19.3 Å². The van der Waals surface area contributed by atoms with E-state index >= 15 is 0 Å². The summed E-state index contributed by atoms with van der Waals surface area (Å²) in [5.74, 6) is -5.48. The molecule has 0 aromatic heterocycles. The Balaban J connectivity index is 1.76. The molecule has 7 nitrogen and oxygen atoms in total. The maximum absolute atomic E-state index is 14.1. The van der Waals surface area contributed by atoms with Crippen LogP contribution in [0.5, 0.6) is 11.5 Å². The molecule has 4 rings (SSSR count). The maximum Gasteiger partial charge on any atom is 0.247 e. The molecule has 1 unspecified atom stereocenters. The monoisotopic (exact) mass is 388 g/mol. The molecular formula is C19H14F2N2O5. The minimum absolute atomic E-state index is 0.0587. The van der Waals surface area contributed by atoms with Gasteiger partial charge in [0.15, 0.2) is 23.2 Å². The lowest BCUT2D eigenvalue weighted by Gasteiger charge is -2.32. The van der Waals surface area contributed by atoms with Crippen LogP contribution in [0.15, 0.2) is 30.3 Å². The van der Waals surface area contributed by atoms with Crippen molar-refractivity contribution in [2.75, 3.05) is 30.7 Å². The Labute approximate surface area is 158 Å². The zero-order valence-corrected chi connectivity index (χ0v) is 14.9. The number of anilines is 2. The predicted molar refractivity (Wildman–Crippen MR) is 93.6 cm³/mol. The number of halogens is 2. The molecule has 0 radical (unpaired) electrons. The van der Waals surface area contributed by atoms with Crippen molar-refractivity contribution in [3.63, 3.8) is 0 Å². The summed E-state index contributed by atoms with van der Waals surface area (Å²) in [5, 5.41) is 0. The lowest BCUT2D eigenvalue weighted by molar-refractivity contribution is -0.130. The first-order valence-corrected chi connectivity index (χ1v) is 8.28. The maximum atomic E-state index is 14.1. The molecule has 0 spiro atoms. The first-order valence-electron chi connectivity index (χ1n) is 8.28. The van der Waals surface area contributed by atoms with E-state index in [0.717, 1.165) is 17.0 Å². The van der Waals surface area contributed by atoms with Gasteiger partial charge in [0.25, 0.3) is 0 Å². The lowest BCUT2D eigenvalue weighted by Crippen LogP contribution is -2.50. The number of fused-ring (bicyclic) bond motifs is 3. The van der Waals surface area contributed by atoms with Gasteiger partial charge in [-0.1, -0.05) is 0 Å². The Morgan fingerprint density at radius 2 is 1.93 bits per heavy atom. The number of ketones is 1. The number of Topliss-reactive ketones (excluding diaryl/α,β-unsaturated/α-hetero) is 1. The van der Waals surface area contributed by atoms with E-state index in [1.807, 2.05) is 0 Å². The summed E-state index contributed by atoms with van der Waals surface area (Å²) in [7, 11) is 2.64. The fourth-order valence-electron chi connectivity index (χ4n) is 3.33. The van der Waals surface area contributed by atoms with Crippen molar-refractivity contribution in [3.05, 3.63) is 47.5 Å². The van der Waals surface area contributed by atoms with Crippen molar-refractivity contribution in [3.8, 4) is 11.5 Å². The third-order valence-corrected chi connectivity index (χ3v) is 4.81. The van der Waals surface area contributed by atoms with Gasteiger partial charge in [-0.25, -0.2) is 8.78 Å². The van der Waals surface area contributed by atoms with Crippen LogP contribution in [0.4, 0.5) is 20.2 Å². The molecule has 2 aliphatic heterocycles. The Morgan fingerprint density at radius 1 is 1.18 bits per heavy atom. The van der Waals surface area contributed by atoms with E-state index in [4.69, 9.17) is 9.47 Å². The van der Waals surface area contributed by atoms with Gasteiger partial charge in [0.2, 0.25) is 18.6 Å². The Hall–Kier alpha value is -3.49. The van der Waals surface area contributed by atoms with Crippen molar-refractivity contribution in [2.24, 2.45) is 5.92 Å². The largest absolute Gasteiger partial charge is 0.454 e. The molecule has 0 saturated carbocycles. The number of amides is 2. The van der Waals surface area contributed by atoms with Gasteiger partial charge >= 0.3 is 0 Å². The molecule has 0 saturated heterocycles. The van der Waals surface area contributed by atoms with Crippen LogP contribution in [-0.2, 0) is 9.59 Å². The van der Waals surface area contributed by atoms with Gasteiger partial charge in [-0.05, 0) is 24.3 Å². The molecule has 1 atom stereocenters. The van der Waals surface area contributed by atoms with E-state index in [1.54, 1.807) is 6.07 Å². The lowest BCUT2D eigenvalue weighted by atomic mass is 9.88. The smallest absolute Gasteiger partial charge is 0.247 e. The second-order valence-electron chi connectivity index (χ2n) is 6.38. The highest BCUT2D eigenvalue weighted by molar-refractivity contribution is 6.33. The number of carbonyl (C=O) groups is 3. The molecule has 9 heteroatoms. The molecule has 2 aromatic carbocycles. The molecule has 0 N–H and O–H groups in total. The SMILES string of the molecule is CN(C(=O)C1C(=O)c2c(ccc3c2OCO3)N(C)C1=O)c1ccc(F)cc1F. The summed E-state index contributed by atoms with van der Waals surface area (Å²) in [5.41, 5.74) is 0.0978. The number of nitrogens with zero attached hydrogens (tertiary/aromatic N) is 2. The summed E-state index contributed by atoms with van der Waals surface area (Å²) < 4.78 is 37.8. The minimum Gasteiger partial charge on any atom is -0.454 e. The Morgan fingerprint density at radius 3 is 2.64 bits per heavy atom. The molecule has 0 fully saturated rings. The summed E-state index contributed by atoms with van der Waals surface area (Å²) in [6.07, 6.45) is 0. The summed E-state index contributed by atoms with van der Waals surface area (Å²) in [4.78, 5) is 40.8. The van der Waals surface area contributed by atoms with E-state index in [1.165, 1.54) is 25.1 Å². The summed E-state index contributed by atoms with van der Waals surface area (Å²) in [6.45, 7) is -0.0873. The minimum atomic E-state index is -1.72. The van der Waals surface area contributed by atoms with Crippen molar-refractivity contribution >= 4 is 29.0 Å². The number of rotatable bonds is 2. The van der Waals surface area contributed by atoms with Gasteiger partial charge in [-0.15, -0.1) is 0 Å². The quantitative estimate of drug-likeness (QED) is 0.737. The number of hydrogen-bond donors (Lipinski definition) is 0. The Kier molecular flexibility index (Phi) is 4.02. The topological polar surface area (TPSA) is 76.2 Å². The fraction of sp³-hybridized carbons (Fsp3) is 0.211. The van der Waals surface area contributed by atoms with Crippen LogP contribution < -0.4 is 19.3 Å². The van der Waals surface area contributed by atoms with Crippen LogP contribution in [0.1, 0.15) is 10.4 Å². The molecule has 0 bridgehead atoms. The van der Waals surface area contributed by atoms with Crippen LogP contribution in [-0.4, -0.2) is 38.5 Å². The molecule has 144 valence electrons. The third kappa shape index (κ3) is 2.50. The highest BCUT2D eigenvalue weighted by Gasteiger charge is 2.47.